The lowest BCUT2D eigenvalue weighted by Gasteiger charge is -2.31. The molecular weight excluding hydrogens is 358 g/mol. The molecule has 1 amide bonds. The summed E-state index contributed by atoms with van der Waals surface area (Å²) < 4.78 is 5.85. The molecule has 0 saturated carbocycles. The van der Waals surface area contributed by atoms with Crippen molar-refractivity contribution in [2.45, 2.75) is 18.8 Å². The summed E-state index contributed by atoms with van der Waals surface area (Å²) in [6.45, 7) is 1.31. The maximum Gasteiger partial charge on any atom is 0.257 e. The summed E-state index contributed by atoms with van der Waals surface area (Å²) in [7, 11) is 0. The molecule has 3 aromatic rings. The Kier molecular flexibility index (Phi) is 4.55. The Hall–Kier alpha value is -2.18. The molecule has 1 saturated heterocycles. The van der Waals surface area contributed by atoms with Crippen LogP contribution in [0.1, 0.15) is 35.0 Å². The third kappa shape index (κ3) is 3.45. The fourth-order valence-corrected chi connectivity index (χ4v) is 3.90. The number of likely N-dealkylation sites (tertiary alicyclic amines) is 1. The quantitative estimate of drug-likeness (QED) is 0.679. The van der Waals surface area contributed by atoms with Gasteiger partial charge in [0.2, 0.25) is 5.89 Å². The van der Waals surface area contributed by atoms with Gasteiger partial charge in [-0.3, -0.25) is 4.79 Å². The molecule has 5 nitrogen and oxygen atoms in total. The molecule has 0 bridgehead atoms. The topological polar surface area (TPSA) is 59.2 Å². The molecule has 0 aliphatic carbocycles. The zero-order chi connectivity index (χ0) is 17.2. The average molecular weight is 374 g/mol. The van der Waals surface area contributed by atoms with Gasteiger partial charge in [-0.1, -0.05) is 23.7 Å². The Balaban J connectivity index is 1.50. The highest BCUT2D eigenvalue weighted by atomic mass is 35.5. The van der Waals surface area contributed by atoms with Gasteiger partial charge in [-0.2, -0.15) is 0 Å². The molecule has 25 heavy (non-hydrogen) atoms. The Morgan fingerprint density at radius 1 is 1.28 bits per heavy atom. The number of benzene rings is 1. The van der Waals surface area contributed by atoms with E-state index >= 15 is 0 Å². The van der Waals surface area contributed by atoms with Gasteiger partial charge >= 0.3 is 0 Å². The first-order chi connectivity index (χ1) is 12.2. The number of hydrogen-bond donors (Lipinski definition) is 0. The fraction of sp³-hybridized carbons (Fsp3) is 0.278. The van der Waals surface area contributed by atoms with Gasteiger partial charge in [-0.15, -0.1) is 21.5 Å². The van der Waals surface area contributed by atoms with Crippen LogP contribution < -0.4 is 0 Å². The highest BCUT2D eigenvalue weighted by molar-refractivity contribution is 7.13. The lowest BCUT2D eigenvalue weighted by Crippen LogP contribution is -2.39. The summed E-state index contributed by atoms with van der Waals surface area (Å²) >= 11 is 7.57. The van der Waals surface area contributed by atoms with Crippen LogP contribution in [0.5, 0.6) is 0 Å². The van der Waals surface area contributed by atoms with Gasteiger partial charge in [0.05, 0.1) is 10.8 Å². The number of rotatable bonds is 3. The summed E-state index contributed by atoms with van der Waals surface area (Å²) in [6.07, 6.45) is 1.85. The number of thiophene rings is 1. The minimum atomic E-state index is -0.00908. The summed E-state index contributed by atoms with van der Waals surface area (Å²) in [5.74, 6) is 1.21. The molecule has 0 unspecified atom stereocenters. The fourth-order valence-electron chi connectivity index (χ4n) is 3.07. The summed E-state index contributed by atoms with van der Waals surface area (Å²) in [5.41, 5.74) is 0.609. The van der Waals surface area contributed by atoms with Crippen molar-refractivity contribution in [3.05, 3.63) is 58.3 Å². The predicted molar refractivity (Wildman–Crippen MR) is 96.9 cm³/mol. The van der Waals surface area contributed by atoms with E-state index in [1.807, 2.05) is 22.4 Å². The highest BCUT2D eigenvalue weighted by Gasteiger charge is 2.29. The first kappa shape index (κ1) is 16.3. The van der Waals surface area contributed by atoms with Crippen molar-refractivity contribution in [1.82, 2.24) is 15.1 Å². The molecule has 1 fully saturated rings. The van der Waals surface area contributed by atoms with Crippen molar-refractivity contribution < 1.29 is 9.21 Å². The summed E-state index contributed by atoms with van der Waals surface area (Å²) in [5, 5.41) is 10.9. The Bertz CT molecular complexity index is 878. The maximum atomic E-state index is 12.7. The SMILES string of the molecule is O=C(c1cccc(Cl)c1)N1CCC[C@H](c2nnc(-c3cccs3)o2)C1. The van der Waals surface area contributed by atoms with Gasteiger partial charge < -0.3 is 9.32 Å². The van der Waals surface area contributed by atoms with Crippen LogP contribution in [0.15, 0.2) is 46.2 Å². The minimum Gasteiger partial charge on any atom is -0.420 e. The van der Waals surface area contributed by atoms with Gasteiger partial charge in [0, 0.05) is 23.7 Å². The standard InChI is InChI=1S/C18H16ClN3O2S/c19-14-6-1-4-12(10-14)18(23)22-8-2-5-13(11-22)16-20-21-17(24-16)15-7-3-9-25-15/h1,3-4,6-7,9-10,13H,2,5,8,11H2/t13-/m0/s1. The Morgan fingerprint density at radius 3 is 3.00 bits per heavy atom. The number of carbonyl (C=O) groups excluding carboxylic acids is 1. The summed E-state index contributed by atoms with van der Waals surface area (Å²) in [6, 6.07) is 11.0. The van der Waals surface area contributed by atoms with Crippen molar-refractivity contribution in [2.75, 3.05) is 13.1 Å². The van der Waals surface area contributed by atoms with Gasteiger partial charge in [0.25, 0.3) is 11.8 Å². The van der Waals surface area contributed by atoms with Crippen LogP contribution in [-0.4, -0.2) is 34.1 Å². The number of hydrogen-bond acceptors (Lipinski definition) is 5. The molecule has 7 heteroatoms. The van der Waals surface area contributed by atoms with E-state index in [9.17, 15) is 4.79 Å². The molecule has 4 rings (SSSR count). The van der Waals surface area contributed by atoms with E-state index in [0.29, 0.717) is 28.9 Å². The van der Waals surface area contributed by atoms with Crippen LogP contribution in [0.25, 0.3) is 10.8 Å². The Labute approximate surface area is 154 Å². The monoisotopic (exact) mass is 373 g/mol. The van der Waals surface area contributed by atoms with E-state index in [1.165, 1.54) is 0 Å². The van der Waals surface area contributed by atoms with Crippen LogP contribution in [0.4, 0.5) is 0 Å². The van der Waals surface area contributed by atoms with Gasteiger partial charge in [0.15, 0.2) is 0 Å². The first-order valence-corrected chi connectivity index (χ1v) is 9.38. The smallest absolute Gasteiger partial charge is 0.257 e. The molecule has 0 spiro atoms. The third-order valence-electron chi connectivity index (χ3n) is 4.30. The molecule has 1 aromatic carbocycles. The molecule has 0 radical (unpaired) electrons. The van der Waals surface area contributed by atoms with Crippen molar-refractivity contribution in [3.8, 4) is 10.8 Å². The van der Waals surface area contributed by atoms with Crippen molar-refractivity contribution in [3.63, 3.8) is 0 Å². The molecule has 1 atom stereocenters. The number of piperidine rings is 1. The van der Waals surface area contributed by atoms with Gasteiger partial charge in [0.1, 0.15) is 0 Å². The Morgan fingerprint density at radius 2 is 2.20 bits per heavy atom. The molecule has 128 valence electrons. The largest absolute Gasteiger partial charge is 0.420 e. The van der Waals surface area contributed by atoms with E-state index in [4.69, 9.17) is 16.0 Å². The van der Waals surface area contributed by atoms with Gasteiger partial charge in [-0.25, -0.2) is 0 Å². The number of amides is 1. The molecule has 3 heterocycles. The first-order valence-electron chi connectivity index (χ1n) is 8.13. The van der Waals surface area contributed by atoms with Crippen LogP contribution in [-0.2, 0) is 0 Å². The molecule has 2 aromatic heterocycles. The highest BCUT2D eigenvalue weighted by Crippen LogP contribution is 2.30. The maximum absolute atomic E-state index is 12.7. The number of halogens is 1. The third-order valence-corrected chi connectivity index (χ3v) is 5.39. The predicted octanol–water partition coefficient (Wildman–Crippen LogP) is 4.47. The van der Waals surface area contributed by atoms with Crippen molar-refractivity contribution in [2.24, 2.45) is 0 Å². The molecule has 0 N–H and O–H groups in total. The van der Waals surface area contributed by atoms with E-state index < -0.39 is 0 Å². The second-order valence-corrected chi connectivity index (χ2v) is 7.41. The second kappa shape index (κ2) is 6.98. The molecule has 1 aliphatic rings. The van der Waals surface area contributed by atoms with Crippen LogP contribution in [0.3, 0.4) is 0 Å². The zero-order valence-electron chi connectivity index (χ0n) is 13.4. The number of nitrogens with zero attached hydrogens (tertiary/aromatic N) is 3. The second-order valence-electron chi connectivity index (χ2n) is 6.02. The normalized spacial score (nSPS) is 17.6. The van der Waals surface area contributed by atoms with Crippen LogP contribution >= 0.6 is 22.9 Å². The minimum absolute atomic E-state index is 0.00908. The van der Waals surface area contributed by atoms with Crippen molar-refractivity contribution in [1.29, 1.82) is 0 Å². The lowest BCUT2D eigenvalue weighted by atomic mass is 9.97. The average Bonchev–Trinajstić information content (AvgIpc) is 3.32. The van der Waals surface area contributed by atoms with E-state index in [1.54, 1.807) is 35.6 Å². The van der Waals surface area contributed by atoms with E-state index in [-0.39, 0.29) is 11.8 Å². The lowest BCUT2D eigenvalue weighted by molar-refractivity contribution is 0.0698. The molecule has 1 aliphatic heterocycles. The van der Waals surface area contributed by atoms with Crippen molar-refractivity contribution >= 4 is 28.8 Å². The van der Waals surface area contributed by atoms with Gasteiger partial charge in [-0.05, 0) is 42.5 Å². The van der Waals surface area contributed by atoms with Crippen LogP contribution in [0, 0.1) is 0 Å². The number of aromatic nitrogens is 2. The van der Waals surface area contributed by atoms with E-state index in [0.717, 1.165) is 24.3 Å². The van der Waals surface area contributed by atoms with E-state index in [2.05, 4.69) is 10.2 Å². The zero-order valence-corrected chi connectivity index (χ0v) is 15.0. The number of carbonyl (C=O) groups is 1. The summed E-state index contributed by atoms with van der Waals surface area (Å²) in [4.78, 5) is 15.5. The van der Waals surface area contributed by atoms with Crippen LogP contribution in [0.2, 0.25) is 5.02 Å². The molecular formula is C18H16ClN3O2S.